The number of hydrogen-bond acceptors (Lipinski definition) is 4. The summed E-state index contributed by atoms with van der Waals surface area (Å²) in [5.74, 6) is -0.245. The van der Waals surface area contributed by atoms with Crippen molar-refractivity contribution in [1.82, 2.24) is 9.47 Å². The summed E-state index contributed by atoms with van der Waals surface area (Å²) in [5.41, 5.74) is 1.36. The number of aryl methyl sites for hydroxylation is 1. The molecule has 6 nitrogen and oxygen atoms in total. The molecule has 22 heavy (non-hydrogen) atoms. The lowest BCUT2D eigenvalue weighted by Gasteiger charge is -2.33. The van der Waals surface area contributed by atoms with Gasteiger partial charge in [-0.05, 0) is 25.5 Å². The first kappa shape index (κ1) is 14.8. The highest BCUT2D eigenvalue weighted by molar-refractivity contribution is 5.76. The zero-order chi connectivity index (χ0) is 15.5. The Morgan fingerprint density at radius 2 is 2.18 bits per heavy atom. The summed E-state index contributed by atoms with van der Waals surface area (Å²) >= 11 is 0. The highest BCUT2D eigenvalue weighted by Gasteiger charge is 2.23. The number of nitrogens with zero attached hydrogens (tertiary/aromatic N) is 2. The van der Waals surface area contributed by atoms with E-state index in [4.69, 9.17) is 9.15 Å². The Kier molecular flexibility index (Phi) is 4.29. The van der Waals surface area contributed by atoms with Gasteiger partial charge >= 0.3 is 5.76 Å². The van der Waals surface area contributed by atoms with E-state index in [1.807, 2.05) is 30.0 Å². The van der Waals surface area contributed by atoms with Gasteiger partial charge in [0.2, 0.25) is 5.91 Å². The van der Waals surface area contributed by atoms with Crippen LogP contribution in [0.1, 0.15) is 19.8 Å². The Hall–Kier alpha value is -2.08. The zero-order valence-electron chi connectivity index (χ0n) is 12.7. The Bertz CT molecular complexity index is 718. The van der Waals surface area contributed by atoms with E-state index < -0.39 is 0 Å². The van der Waals surface area contributed by atoms with Crippen LogP contribution in [0, 0.1) is 0 Å². The van der Waals surface area contributed by atoms with Gasteiger partial charge in [0.05, 0.1) is 24.8 Å². The van der Waals surface area contributed by atoms with E-state index in [9.17, 15) is 9.59 Å². The molecule has 0 spiro atoms. The Balaban J connectivity index is 1.61. The predicted molar refractivity (Wildman–Crippen MR) is 81.7 cm³/mol. The van der Waals surface area contributed by atoms with E-state index in [1.54, 1.807) is 10.6 Å². The number of amides is 1. The normalized spacial score (nSPS) is 18.8. The van der Waals surface area contributed by atoms with Crippen LogP contribution in [0.15, 0.2) is 33.5 Å². The molecule has 1 aliphatic rings. The number of oxazole rings is 1. The summed E-state index contributed by atoms with van der Waals surface area (Å²) in [6, 6.07) is 7.45. The molecular formula is C16H20N2O4. The molecule has 2 aromatic rings. The van der Waals surface area contributed by atoms with E-state index in [0.717, 1.165) is 5.52 Å². The van der Waals surface area contributed by atoms with Crippen molar-refractivity contribution in [1.29, 1.82) is 0 Å². The molecule has 0 bridgehead atoms. The van der Waals surface area contributed by atoms with Crippen LogP contribution in [-0.4, -0.2) is 41.2 Å². The number of fused-ring (bicyclic) bond motifs is 1. The predicted octanol–water partition coefficient (Wildman–Crippen LogP) is 1.62. The molecule has 118 valence electrons. The standard InChI is InChI=1S/C16H20N2O4/c1-12-11-21-10-9-17(12)15(19)7-4-8-18-13-5-2-3-6-14(13)22-16(18)20/h2-3,5-6,12H,4,7-11H2,1H3. The molecule has 1 saturated heterocycles. The molecule has 1 atom stereocenters. The van der Waals surface area contributed by atoms with Crippen molar-refractivity contribution in [3.63, 3.8) is 0 Å². The number of carbonyl (C=O) groups excluding carboxylic acids is 1. The molecule has 3 rings (SSSR count). The maximum absolute atomic E-state index is 12.2. The van der Waals surface area contributed by atoms with Gasteiger partial charge < -0.3 is 14.1 Å². The molecule has 0 aliphatic carbocycles. The van der Waals surface area contributed by atoms with Crippen LogP contribution >= 0.6 is 0 Å². The smallest absolute Gasteiger partial charge is 0.408 e. The maximum Gasteiger partial charge on any atom is 0.419 e. The first-order chi connectivity index (χ1) is 10.7. The fraction of sp³-hybridized carbons (Fsp3) is 0.500. The van der Waals surface area contributed by atoms with Crippen molar-refractivity contribution in [2.45, 2.75) is 32.4 Å². The topological polar surface area (TPSA) is 64.7 Å². The summed E-state index contributed by atoms with van der Waals surface area (Å²) in [6.45, 7) is 4.32. The molecule has 0 radical (unpaired) electrons. The van der Waals surface area contributed by atoms with Crippen LogP contribution in [0.25, 0.3) is 11.1 Å². The second kappa shape index (κ2) is 6.36. The number of hydrogen-bond donors (Lipinski definition) is 0. The minimum Gasteiger partial charge on any atom is -0.408 e. The summed E-state index contributed by atoms with van der Waals surface area (Å²) in [5, 5.41) is 0. The van der Waals surface area contributed by atoms with Gasteiger partial charge in [-0.15, -0.1) is 0 Å². The molecule has 1 fully saturated rings. The number of carbonyl (C=O) groups is 1. The van der Waals surface area contributed by atoms with Gasteiger partial charge in [0.15, 0.2) is 5.58 Å². The summed E-state index contributed by atoms with van der Waals surface area (Å²) < 4.78 is 12.1. The summed E-state index contributed by atoms with van der Waals surface area (Å²) in [6.07, 6.45) is 1.04. The van der Waals surface area contributed by atoms with Crippen LogP contribution in [0.5, 0.6) is 0 Å². The van der Waals surface area contributed by atoms with E-state index in [1.165, 1.54) is 0 Å². The molecule has 1 unspecified atom stereocenters. The molecule has 1 aromatic heterocycles. The molecule has 0 saturated carbocycles. The first-order valence-electron chi connectivity index (χ1n) is 7.62. The Labute approximate surface area is 128 Å². The lowest BCUT2D eigenvalue weighted by Crippen LogP contribution is -2.47. The third-order valence-corrected chi connectivity index (χ3v) is 4.03. The van der Waals surface area contributed by atoms with Gasteiger partial charge in [-0.25, -0.2) is 4.79 Å². The van der Waals surface area contributed by atoms with Crippen molar-refractivity contribution < 1.29 is 13.9 Å². The minimum absolute atomic E-state index is 0.122. The quantitative estimate of drug-likeness (QED) is 0.861. The monoisotopic (exact) mass is 304 g/mol. The highest BCUT2D eigenvalue weighted by atomic mass is 16.5. The first-order valence-corrected chi connectivity index (χ1v) is 7.62. The number of ether oxygens (including phenoxy) is 1. The molecule has 1 aromatic carbocycles. The molecule has 0 N–H and O–H groups in total. The average molecular weight is 304 g/mol. The van der Waals surface area contributed by atoms with Gasteiger partial charge in [0.25, 0.3) is 0 Å². The van der Waals surface area contributed by atoms with Gasteiger partial charge in [-0.3, -0.25) is 9.36 Å². The van der Waals surface area contributed by atoms with E-state index in [-0.39, 0.29) is 17.7 Å². The van der Waals surface area contributed by atoms with Gasteiger partial charge in [-0.2, -0.15) is 0 Å². The van der Waals surface area contributed by atoms with Crippen LogP contribution < -0.4 is 5.76 Å². The van der Waals surface area contributed by atoms with Gasteiger partial charge in [-0.1, -0.05) is 12.1 Å². The van der Waals surface area contributed by atoms with Crippen LogP contribution in [0.4, 0.5) is 0 Å². The van der Waals surface area contributed by atoms with Gasteiger partial charge in [0.1, 0.15) is 0 Å². The number of rotatable bonds is 4. The Morgan fingerprint density at radius 1 is 1.36 bits per heavy atom. The number of aromatic nitrogens is 1. The zero-order valence-corrected chi connectivity index (χ0v) is 12.7. The fourth-order valence-electron chi connectivity index (χ4n) is 2.86. The maximum atomic E-state index is 12.2. The van der Waals surface area contributed by atoms with Gasteiger partial charge in [0, 0.05) is 19.5 Å². The van der Waals surface area contributed by atoms with E-state index in [0.29, 0.717) is 44.7 Å². The van der Waals surface area contributed by atoms with Crippen LogP contribution in [0.3, 0.4) is 0 Å². The second-order valence-electron chi connectivity index (χ2n) is 5.60. The molecule has 6 heteroatoms. The molecular weight excluding hydrogens is 284 g/mol. The largest absolute Gasteiger partial charge is 0.419 e. The highest BCUT2D eigenvalue weighted by Crippen LogP contribution is 2.13. The second-order valence-corrected chi connectivity index (χ2v) is 5.60. The SMILES string of the molecule is CC1COCCN1C(=O)CCCn1c(=O)oc2ccccc21. The van der Waals surface area contributed by atoms with Crippen LogP contribution in [-0.2, 0) is 16.1 Å². The Morgan fingerprint density at radius 3 is 3.00 bits per heavy atom. The number of morpholine rings is 1. The van der Waals surface area contributed by atoms with Crippen molar-refractivity contribution in [2.24, 2.45) is 0 Å². The summed E-state index contributed by atoms with van der Waals surface area (Å²) in [4.78, 5) is 26.0. The minimum atomic E-state index is -0.367. The third-order valence-electron chi connectivity index (χ3n) is 4.03. The van der Waals surface area contributed by atoms with Crippen molar-refractivity contribution in [3.8, 4) is 0 Å². The van der Waals surface area contributed by atoms with Crippen LogP contribution in [0.2, 0.25) is 0 Å². The summed E-state index contributed by atoms with van der Waals surface area (Å²) in [7, 11) is 0. The molecule has 1 aliphatic heterocycles. The number of benzene rings is 1. The molecule has 2 heterocycles. The fourth-order valence-corrected chi connectivity index (χ4v) is 2.86. The van der Waals surface area contributed by atoms with E-state index >= 15 is 0 Å². The lowest BCUT2D eigenvalue weighted by molar-refractivity contribution is -0.139. The van der Waals surface area contributed by atoms with Crippen molar-refractivity contribution in [3.05, 3.63) is 34.8 Å². The number of para-hydroxylation sites is 2. The van der Waals surface area contributed by atoms with E-state index in [2.05, 4.69) is 0 Å². The van der Waals surface area contributed by atoms with Crippen molar-refractivity contribution in [2.75, 3.05) is 19.8 Å². The average Bonchev–Trinajstić information content (AvgIpc) is 2.83. The van der Waals surface area contributed by atoms with Crippen molar-refractivity contribution >= 4 is 17.0 Å². The lowest BCUT2D eigenvalue weighted by atomic mass is 10.2. The third kappa shape index (κ3) is 2.92. The molecule has 1 amide bonds.